The van der Waals surface area contributed by atoms with Crippen molar-refractivity contribution in [1.29, 1.82) is 0 Å². The van der Waals surface area contributed by atoms with Gasteiger partial charge < -0.3 is 2.85 Å². The van der Waals surface area contributed by atoms with Gasteiger partial charge in [-0.3, -0.25) is 0 Å². The van der Waals surface area contributed by atoms with Gasteiger partial charge in [0.1, 0.15) is 0 Å². The maximum Gasteiger partial charge on any atom is -1.00 e. The van der Waals surface area contributed by atoms with E-state index in [0.29, 0.717) is 7.25 Å². The molecule has 5 rings (SSSR count). The van der Waals surface area contributed by atoms with Crippen molar-refractivity contribution in [3.8, 4) is 11.1 Å². The third kappa shape index (κ3) is 2.57. The molecule has 3 aliphatic carbocycles. The maximum atomic E-state index is 2.60. The first-order valence-corrected chi connectivity index (χ1v) is 20.2. The standard InChI is InChI=1S/C13H9.2C5H5.C2H6Si.Zr.2H/c1-3-7-12-10(5-1)9-11-6-2-4-8-13(11)12;2*1-2-4-5-3-1;1-3-2;;;/h1-5,7-8H,9H2;2*1-5H;1-2H3;;;/q;;;;;2*-1. The fraction of sp³-hybridized carbons (Fsp3) is 0.200. The fourth-order valence-electron chi connectivity index (χ4n) is 5.53. The molecule has 2 aromatic carbocycles. The number of fused-ring (bicyclic) bond motifs is 3. The van der Waals surface area contributed by atoms with Crippen LogP contribution in [-0.2, 0) is 25.3 Å². The topological polar surface area (TPSA) is 0 Å². The first-order valence-electron chi connectivity index (χ1n) is 9.94. The molecule has 0 spiro atoms. The summed E-state index contributed by atoms with van der Waals surface area (Å²) in [6.07, 6.45) is 20.4. The average molecular weight is 447 g/mol. The van der Waals surface area contributed by atoms with Gasteiger partial charge in [-0.2, -0.15) is 0 Å². The van der Waals surface area contributed by atoms with E-state index >= 15 is 0 Å². The zero-order valence-corrected chi connectivity index (χ0v) is 19.5. The first-order chi connectivity index (χ1) is 13.2. The second kappa shape index (κ2) is 6.83. The van der Waals surface area contributed by atoms with Gasteiger partial charge in [-0.15, -0.1) is 0 Å². The minimum atomic E-state index is -2.83. The summed E-state index contributed by atoms with van der Waals surface area (Å²) < 4.78 is 3.14. The Labute approximate surface area is 169 Å². The number of rotatable bonds is 3. The summed E-state index contributed by atoms with van der Waals surface area (Å²) >= 11 is -2.83. The van der Waals surface area contributed by atoms with E-state index < -0.39 is 24.3 Å². The van der Waals surface area contributed by atoms with Crippen LogP contribution in [-0.4, -0.2) is 5.43 Å². The zero-order chi connectivity index (χ0) is 18.4. The first kappa shape index (κ1) is 17.6. The summed E-state index contributed by atoms with van der Waals surface area (Å²) in [5.74, 6) is 0. The van der Waals surface area contributed by atoms with Crippen molar-refractivity contribution >= 4 is 8.70 Å². The molecule has 0 nitrogen and oxygen atoms in total. The molecule has 0 fully saturated rings. The summed E-state index contributed by atoms with van der Waals surface area (Å²) in [6, 6.07) is 16.3. The summed E-state index contributed by atoms with van der Waals surface area (Å²) in [7, 11) is 0. The van der Waals surface area contributed by atoms with Crippen molar-refractivity contribution in [2.45, 2.75) is 26.8 Å². The van der Waals surface area contributed by atoms with Crippen molar-refractivity contribution in [2.24, 2.45) is 0 Å². The molecule has 0 radical (unpaired) electrons. The minimum Gasteiger partial charge on any atom is -1.00 e. The molecule has 0 amide bonds. The number of allylic oxidation sites excluding steroid dienone is 8. The van der Waals surface area contributed by atoms with Crippen molar-refractivity contribution in [1.82, 2.24) is 0 Å². The molecule has 0 bridgehead atoms. The van der Waals surface area contributed by atoms with Gasteiger partial charge >= 0.3 is 168 Å². The van der Waals surface area contributed by atoms with E-state index in [1.165, 1.54) is 16.7 Å². The van der Waals surface area contributed by atoms with Gasteiger partial charge in [-0.05, 0) is 0 Å². The molecular weight excluding hydrogens is 420 g/mol. The molecule has 2 heteroatoms. The molecule has 0 N–H and O–H groups in total. The second-order valence-corrected chi connectivity index (χ2v) is 31.3. The zero-order valence-electron chi connectivity index (χ0n) is 18.0. The molecule has 3 aliphatic rings. The van der Waals surface area contributed by atoms with Gasteiger partial charge in [0.2, 0.25) is 0 Å². The van der Waals surface area contributed by atoms with Crippen molar-refractivity contribution in [3.63, 3.8) is 0 Å². The Morgan fingerprint density at radius 1 is 0.778 bits per heavy atom. The van der Waals surface area contributed by atoms with Crippen LogP contribution in [0.4, 0.5) is 0 Å². The van der Waals surface area contributed by atoms with Gasteiger partial charge in [0.25, 0.3) is 0 Å². The molecule has 0 heterocycles. The third-order valence-electron chi connectivity index (χ3n) is 6.67. The maximum absolute atomic E-state index is 2.83. The van der Waals surface area contributed by atoms with Crippen LogP contribution < -0.4 is 3.27 Å². The Balaban J connectivity index is 0.00000120. The molecule has 0 saturated heterocycles. The van der Waals surface area contributed by atoms with Crippen molar-refractivity contribution < 1.29 is 21.7 Å². The van der Waals surface area contributed by atoms with Crippen LogP contribution in [0.5, 0.6) is 0 Å². The molecule has 0 atom stereocenters. The molecular formula is C25H27SiZr-2. The fourth-order valence-corrected chi connectivity index (χ4v) is 34.5. The quantitative estimate of drug-likeness (QED) is 0.412. The van der Waals surface area contributed by atoms with E-state index in [1.807, 2.05) is 0 Å². The summed E-state index contributed by atoms with van der Waals surface area (Å²) in [4.78, 5) is 0. The van der Waals surface area contributed by atoms with Gasteiger partial charge in [-0.1, -0.05) is 0 Å². The predicted molar refractivity (Wildman–Crippen MR) is 118 cm³/mol. The van der Waals surface area contributed by atoms with Crippen molar-refractivity contribution in [2.75, 3.05) is 0 Å². The Hall–Kier alpha value is -1.50. The summed E-state index contributed by atoms with van der Waals surface area (Å²) in [6.45, 7) is 5.20. The largest absolute Gasteiger partial charge is 1.00 e. The Kier molecular flexibility index (Phi) is 4.45. The third-order valence-corrected chi connectivity index (χ3v) is 36.5. The summed E-state index contributed by atoms with van der Waals surface area (Å²) in [5, 5.41) is 0. The van der Waals surface area contributed by atoms with Crippen LogP contribution >= 0.6 is 0 Å². The van der Waals surface area contributed by atoms with Crippen LogP contribution in [0.25, 0.3) is 11.1 Å². The van der Waals surface area contributed by atoms with Crippen LogP contribution in [0.1, 0.15) is 14.0 Å². The van der Waals surface area contributed by atoms with Crippen LogP contribution in [0.15, 0.2) is 91.1 Å². The number of hydrogen-bond acceptors (Lipinski definition) is 0. The Morgan fingerprint density at radius 2 is 1.37 bits per heavy atom. The van der Waals surface area contributed by atoms with Crippen LogP contribution in [0, 0.1) is 0 Å². The van der Waals surface area contributed by atoms with Gasteiger partial charge in [0, 0.05) is 0 Å². The predicted octanol–water partition coefficient (Wildman–Crippen LogP) is 6.34. The number of benzene rings is 2. The summed E-state index contributed by atoms with van der Waals surface area (Å²) in [5.41, 5.74) is 5.68. The van der Waals surface area contributed by atoms with Crippen molar-refractivity contribution in [3.05, 3.63) is 102 Å². The molecule has 27 heavy (non-hydrogen) atoms. The molecule has 0 aromatic heterocycles. The van der Waals surface area contributed by atoms with E-state index in [9.17, 15) is 0 Å². The monoisotopic (exact) mass is 445 g/mol. The van der Waals surface area contributed by atoms with Crippen LogP contribution in [0.3, 0.4) is 0 Å². The van der Waals surface area contributed by atoms with E-state index in [2.05, 4.69) is 104 Å². The molecule has 0 saturated carbocycles. The van der Waals surface area contributed by atoms with Gasteiger partial charge in [-0.25, -0.2) is 0 Å². The van der Waals surface area contributed by atoms with Gasteiger partial charge in [0.15, 0.2) is 0 Å². The number of hydrogen-bond donors (Lipinski definition) is 0. The SMILES string of the molecule is C[Si](C)=[Zr]([c]1cccc2c1Cc1ccccc1-2)([CH]1C=CC=C1)[CH]1C=CC=C1.[H-].[H-]. The van der Waals surface area contributed by atoms with Gasteiger partial charge in [0.05, 0.1) is 0 Å². The smallest absolute Gasteiger partial charge is 1.00 e. The molecule has 0 aliphatic heterocycles. The average Bonchev–Trinajstić information content (AvgIpc) is 3.44. The normalized spacial score (nSPS) is 17.7. The Bertz CT molecular complexity index is 1050. The van der Waals surface area contributed by atoms with E-state index in [4.69, 9.17) is 0 Å². The van der Waals surface area contributed by atoms with Crippen LogP contribution in [0.2, 0.25) is 20.3 Å². The second-order valence-electron chi connectivity index (χ2n) is 8.13. The molecule has 137 valence electrons. The molecule has 0 unspecified atom stereocenters. The van der Waals surface area contributed by atoms with E-state index in [1.54, 1.807) is 8.83 Å². The Morgan fingerprint density at radius 3 is 2.00 bits per heavy atom. The minimum absolute atomic E-state index is 0. The van der Waals surface area contributed by atoms with E-state index in [-0.39, 0.29) is 2.85 Å². The van der Waals surface area contributed by atoms with E-state index in [0.717, 1.165) is 6.42 Å². The molecule has 2 aromatic rings.